The average Bonchev–Trinajstić information content (AvgIpc) is 2.85. The van der Waals surface area contributed by atoms with Crippen molar-refractivity contribution >= 4 is 11.8 Å². The van der Waals surface area contributed by atoms with Gasteiger partial charge in [-0.2, -0.15) is 16.9 Å². The molecule has 1 fully saturated rings. The first-order valence-electron chi connectivity index (χ1n) is 5.72. The lowest BCUT2D eigenvalue weighted by Gasteiger charge is -2.12. The first kappa shape index (κ1) is 11.0. The van der Waals surface area contributed by atoms with E-state index in [4.69, 9.17) is 0 Å². The first-order valence-corrected chi connectivity index (χ1v) is 6.87. The van der Waals surface area contributed by atoms with Gasteiger partial charge in [-0.05, 0) is 24.7 Å². The largest absolute Gasteiger partial charge is 0.308 e. The summed E-state index contributed by atoms with van der Waals surface area (Å²) in [5, 5.41) is 7.92. The van der Waals surface area contributed by atoms with Crippen LogP contribution in [-0.4, -0.2) is 27.3 Å². The molecule has 1 unspecified atom stereocenters. The molecule has 0 aromatic carbocycles. The molecule has 1 saturated heterocycles. The number of nitrogens with zero attached hydrogens (tertiary/aromatic N) is 2. The zero-order valence-electron chi connectivity index (χ0n) is 9.28. The summed E-state index contributed by atoms with van der Waals surface area (Å²) < 4.78 is 2.11. The van der Waals surface area contributed by atoms with Crippen molar-refractivity contribution in [3.8, 4) is 0 Å². The molecule has 0 saturated carbocycles. The number of thioether (sulfide) groups is 1. The van der Waals surface area contributed by atoms with Gasteiger partial charge in [0.1, 0.15) is 0 Å². The number of rotatable bonds is 5. The van der Waals surface area contributed by atoms with Crippen molar-refractivity contribution in [1.29, 1.82) is 0 Å². The second-order valence-corrected chi connectivity index (χ2v) is 5.14. The maximum atomic E-state index is 4.32. The van der Waals surface area contributed by atoms with E-state index in [2.05, 4.69) is 28.1 Å². The lowest BCUT2D eigenvalue weighted by atomic mass is 10.2. The molecule has 15 heavy (non-hydrogen) atoms. The Morgan fingerprint density at radius 1 is 1.67 bits per heavy atom. The molecular formula is C11H19N3S. The molecule has 1 aromatic rings. The summed E-state index contributed by atoms with van der Waals surface area (Å²) in [6.07, 6.45) is 4.36. The van der Waals surface area contributed by atoms with Crippen LogP contribution in [0.3, 0.4) is 0 Å². The molecule has 0 spiro atoms. The van der Waals surface area contributed by atoms with E-state index in [-0.39, 0.29) is 0 Å². The highest BCUT2D eigenvalue weighted by atomic mass is 32.2. The van der Waals surface area contributed by atoms with Crippen molar-refractivity contribution in [3.63, 3.8) is 0 Å². The Kier molecular flexibility index (Phi) is 4.09. The molecule has 0 amide bonds. The molecule has 1 atom stereocenters. The normalized spacial score (nSPS) is 21.0. The van der Waals surface area contributed by atoms with Gasteiger partial charge in [0, 0.05) is 31.1 Å². The van der Waals surface area contributed by atoms with E-state index in [1.54, 1.807) is 0 Å². The lowest BCUT2D eigenvalue weighted by Crippen LogP contribution is -2.29. The van der Waals surface area contributed by atoms with E-state index < -0.39 is 0 Å². The van der Waals surface area contributed by atoms with Crippen LogP contribution in [0.5, 0.6) is 0 Å². The molecule has 0 radical (unpaired) electrons. The third-order valence-electron chi connectivity index (χ3n) is 2.74. The Labute approximate surface area is 95.6 Å². The van der Waals surface area contributed by atoms with Gasteiger partial charge in [-0.15, -0.1) is 0 Å². The van der Waals surface area contributed by atoms with Crippen LogP contribution in [0.4, 0.5) is 0 Å². The maximum Gasteiger partial charge on any atom is 0.0522 e. The Balaban J connectivity index is 1.83. The summed E-state index contributed by atoms with van der Waals surface area (Å²) in [7, 11) is 0. The van der Waals surface area contributed by atoms with Gasteiger partial charge >= 0.3 is 0 Å². The van der Waals surface area contributed by atoms with E-state index in [1.807, 2.05) is 18.0 Å². The Morgan fingerprint density at radius 2 is 2.60 bits per heavy atom. The van der Waals surface area contributed by atoms with Crippen LogP contribution in [0.15, 0.2) is 12.3 Å². The van der Waals surface area contributed by atoms with E-state index in [0.717, 1.165) is 19.5 Å². The minimum Gasteiger partial charge on any atom is -0.308 e. The van der Waals surface area contributed by atoms with E-state index >= 15 is 0 Å². The summed E-state index contributed by atoms with van der Waals surface area (Å²) in [5.41, 5.74) is 1.31. The highest BCUT2D eigenvalue weighted by Crippen LogP contribution is 2.17. The van der Waals surface area contributed by atoms with Gasteiger partial charge in [-0.1, -0.05) is 6.92 Å². The third-order valence-corrected chi connectivity index (χ3v) is 3.90. The van der Waals surface area contributed by atoms with Crippen molar-refractivity contribution < 1.29 is 0 Å². The molecule has 1 aliphatic heterocycles. The molecule has 84 valence electrons. The molecule has 1 N–H and O–H groups in total. The van der Waals surface area contributed by atoms with Gasteiger partial charge in [-0.25, -0.2) is 0 Å². The van der Waals surface area contributed by atoms with Crippen molar-refractivity contribution in [1.82, 2.24) is 15.1 Å². The number of hydrogen-bond donors (Lipinski definition) is 1. The second kappa shape index (κ2) is 5.56. The smallest absolute Gasteiger partial charge is 0.0522 e. The van der Waals surface area contributed by atoms with Crippen molar-refractivity contribution in [2.75, 3.05) is 11.5 Å². The summed E-state index contributed by atoms with van der Waals surface area (Å²) >= 11 is 2.05. The van der Waals surface area contributed by atoms with Gasteiger partial charge in [0.25, 0.3) is 0 Å². The summed E-state index contributed by atoms with van der Waals surface area (Å²) in [6.45, 7) is 4.18. The number of aromatic nitrogens is 2. The number of aryl methyl sites for hydroxylation is 1. The minimum atomic E-state index is 0.708. The maximum absolute atomic E-state index is 4.32. The first-order chi connectivity index (χ1) is 7.40. The molecule has 4 heteroatoms. The lowest BCUT2D eigenvalue weighted by molar-refractivity contribution is 0.510. The predicted molar refractivity (Wildman–Crippen MR) is 65.1 cm³/mol. The zero-order chi connectivity index (χ0) is 10.5. The fourth-order valence-electron chi connectivity index (χ4n) is 1.87. The Hall–Kier alpha value is -0.480. The predicted octanol–water partition coefficient (Wildman–Crippen LogP) is 1.89. The highest BCUT2D eigenvalue weighted by Gasteiger charge is 2.14. The summed E-state index contributed by atoms with van der Waals surface area (Å²) in [5.74, 6) is 2.58. The third kappa shape index (κ3) is 2.98. The summed E-state index contributed by atoms with van der Waals surface area (Å²) in [4.78, 5) is 0. The quantitative estimate of drug-likeness (QED) is 0.830. The SMILES string of the molecule is CCCn1nccc1CNC1CCSC1. The molecule has 0 aliphatic carbocycles. The van der Waals surface area contributed by atoms with Crippen LogP contribution in [0.25, 0.3) is 0 Å². The van der Waals surface area contributed by atoms with Gasteiger partial charge in [-0.3, -0.25) is 4.68 Å². The van der Waals surface area contributed by atoms with Gasteiger partial charge < -0.3 is 5.32 Å². The van der Waals surface area contributed by atoms with Gasteiger partial charge in [0.05, 0.1) is 5.69 Å². The zero-order valence-corrected chi connectivity index (χ0v) is 10.1. The van der Waals surface area contributed by atoms with E-state index in [9.17, 15) is 0 Å². The average molecular weight is 225 g/mol. The van der Waals surface area contributed by atoms with E-state index in [0.29, 0.717) is 6.04 Å². The van der Waals surface area contributed by atoms with Gasteiger partial charge in [0.2, 0.25) is 0 Å². The molecular weight excluding hydrogens is 206 g/mol. The van der Waals surface area contributed by atoms with Crippen LogP contribution in [-0.2, 0) is 13.1 Å². The van der Waals surface area contributed by atoms with Crippen molar-refractivity contribution in [2.45, 2.75) is 38.9 Å². The molecule has 2 rings (SSSR count). The van der Waals surface area contributed by atoms with Crippen LogP contribution in [0.1, 0.15) is 25.5 Å². The minimum absolute atomic E-state index is 0.708. The van der Waals surface area contributed by atoms with Gasteiger partial charge in [0.15, 0.2) is 0 Å². The Bertz CT molecular complexity index is 292. The van der Waals surface area contributed by atoms with Crippen LogP contribution >= 0.6 is 11.8 Å². The molecule has 2 heterocycles. The standard InChI is InChI=1S/C11H19N3S/c1-2-6-14-11(3-5-13-14)8-12-10-4-7-15-9-10/h3,5,10,12H,2,4,6-9H2,1H3. The molecule has 0 bridgehead atoms. The topological polar surface area (TPSA) is 29.9 Å². The van der Waals surface area contributed by atoms with Crippen LogP contribution in [0.2, 0.25) is 0 Å². The number of nitrogens with one attached hydrogen (secondary N) is 1. The molecule has 1 aliphatic rings. The number of hydrogen-bond acceptors (Lipinski definition) is 3. The molecule has 1 aromatic heterocycles. The monoisotopic (exact) mass is 225 g/mol. The van der Waals surface area contributed by atoms with Crippen LogP contribution in [0, 0.1) is 0 Å². The van der Waals surface area contributed by atoms with Crippen LogP contribution < -0.4 is 5.32 Å². The highest BCUT2D eigenvalue weighted by molar-refractivity contribution is 7.99. The fourth-order valence-corrected chi connectivity index (χ4v) is 3.05. The van der Waals surface area contributed by atoms with Crippen molar-refractivity contribution in [3.05, 3.63) is 18.0 Å². The van der Waals surface area contributed by atoms with E-state index in [1.165, 1.54) is 23.6 Å². The van der Waals surface area contributed by atoms with Crippen molar-refractivity contribution in [2.24, 2.45) is 0 Å². The Morgan fingerprint density at radius 3 is 3.33 bits per heavy atom. The fraction of sp³-hybridized carbons (Fsp3) is 0.727. The second-order valence-electron chi connectivity index (χ2n) is 3.99. The summed E-state index contributed by atoms with van der Waals surface area (Å²) in [6, 6.07) is 2.82. The molecule has 3 nitrogen and oxygen atoms in total.